The fourth-order valence-electron chi connectivity index (χ4n) is 3.32. The number of aromatic nitrogens is 1. The number of thiophene rings is 2. The van der Waals surface area contributed by atoms with Crippen molar-refractivity contribution in [3.8, 4) is 10.6 Å². The van der Waals surface area contributed by atoms with Gasteiger partial charge in [0.1, 0.15) is 0 Å². The summed E-state index contributed by atoms with van der Waals surface area (Å²) < 4.78 is 5.32. The van der Waals surface area contributed by atoms with E-state index in [2.05, 4.69) is 32.9 Å². The average molecular weight is 388 g/mol. The van der Waals surface area contributed by atoms with Crippen molar-refractivity contribution in [2.45, 2.75) is 25.3 Å². The van der Waals surface area contributed by atoms with Gasteiger partial charge in [-0.1, -0.05) is 23.7 Å². The van der Waals surface area contributed by atoms with Crippen molar-refractivity contribution >= 4 is 28.6 Å². The topological polar surface area (TPSA) is 58.4 Å². The summed E-state index contributed by atoms with van der Waals surface area (Å²) in [6.07, 6.45) is 3.75. The molecule has 5 nitrogen and oxygen atoms in total. The lowest BCUT2D eigenvalue weighted by atomic mass is 10.1. The Bertz CT molecular complexity index is 821. The highest BCUT2D eigenvalue weighted by Crippen LogP contribution is 2.28. The summed E-state index contributed by atoms with van der Waals surface area (Å²) in [4.78, 5) is 17.3. The minimum atomic E-state index is -0.185. The maximum atomic E-state index is 12.5. The molecule has 0 radical (unpaired) electrons. The number of hydrogen-bond donors (Lipinski definition) is 1. The molecule has 3 aromatic heterocycles. The van der Waals surface area contributed by atoms with Crippen LogP contribution in [0.1, 0.15) is 40.7 Å². The minimum absolute atomic E-state index is 0.185. The van der Waals surface area contributed by atoms with Crippen molar-refractivity contribution in [2.24, 2.45) is 0 Å². The number of carbonyl (C=O) groups excluding carboxylic acids is 1. The number of hydrogen-bond acceptors (Lipinski definition) is 6. The Labute approximate surface area is 160 Å². The van der Waals surface area contributed by atoms with Crippen molar-refractivity contribution in [3.05, 3.63) is 51.7 Å². The molecule has 136 valence electrons. The van der Waals surface area contributed by atoms with Gasteiger partial charge in [-0.15, -0.1) is 22.7 Å². The summed E-state index contributed by atoms with van der Waals surface area (Å²) in [6.45, 7) is 2.76. The molecular weight excluding hydrogens is 366 g/mol. The molecule has 0 bridgehead atoms. The third kappa shape index (κ3) is 3.90. The second-order valence-corrected chi connectivity index (χ2v) is 8.32. The molecule has 4 heterocycles. The van der Waals surface area contributed by atoms with Gasteiger partial charge in [0.2, 0.25) is 0 Å². The van der Waals surface area contributed by atoms with Crippen LogP contribution in [-0.4, -0.2) is 35.6 Å². The predicted octanol–water partition coefficient (Wildman–Crippen LogP) is 4.42. The SMILES string of the molecule is O=C(NC[C@H](c1cccs1)N1CCCCC1)c1cc(-c2cccs2)on1. The molecule has 1 aliphatic heterocycles. The Morgan fingerprint density at radius 1 is 1.19 bits per heavy atom. The Morgan fingerprint density at radius 2 is 2.00 bits per heavy atom. The molecule has 1 saturated heterocycles. The summed E-state index contributed by atoms with van der Waals surface area (Å²) in [5.41, 5.74) is 0.331. The van der Waals surface area contributed by atoms with Gasteiger partial charge in [0, 0.05) is 17.5 Å². The van der Waals surface area contributed by atoms with Crippen molar-refractivity contribution in [2.75, 3.05) is 19.6 Å². The smallest absolute Gasteiger partial charge is 0.273 e. The molecule has 3 aromatic rings. The molecular formula is C19H21N3O2S2. The lowest BCUT2D eigenvalue weighted by Gasteiger charge is -2.34. The number of likely N-dealkylation sites (tertiary alicyclic amines) is 1. The first kappa shape index (κ1) is 17.5. The third-order valence-electron chi connectivity index (χ3n) is 4.67. The van der Waals surface area contributed by atoms with Gasteiger partial charge in [-0.2, -0.15) is 0 Å². The van der Waals surface area contributed by atoms with E-state index in [0.29, 0.717) is 18.0 Å². The molecule has 0 saturated carbocycles. The molecule has 1 atom stereocenters. The maximum Gasteiger partial charge on any atom is 0.273 e. The molecule has 1 N–H and O–H groups in total. The van der Waals surface area contributed by atoms with E-state index in [1.165, 1.54) is 24.1 Å². The zero-order valence-electron chi connectivity index (χ0n) is 14.4. The number of carbonyl (C=O) groups is 1. The van der Waals surface area contributed by atoms with Crippen LogP contribution in [-0.2, 0) is 0 Å². The molecule has 0 unspecified atom stereocenters. The molecule has 1 aliphatic rings. The first-order valence-electron chi connectivity index (χ1n) is 8.87. The van der Waals surface area contributed by atoms with Gasteiger partial charge >= 0.3 is 0 Å². The molecule has 0 aromatic carbocycles. The monoisotopic (exact) mass is 387 g/mol. The summed E-state index contributed by atoms with van der Waals surface area (Å²) in [5.74, 6) is 0.450. The van der Waals surface area contributed by atoms with Crippen LogP contribution in [0.2, 0.25) is 0 Å². The Hall–Kier alpha value is -1.96. The standard InChI is InChI=1S/C19H21N3O2S2/c23-19(14-12-16(24-21-14)18-7-5-11-26-18)20-13-15(17-6-4-10-25-17)22-8-2-1-3-9-22/h4-7,10-12,15H,1-3,8-9,13H2,(H,20,23)/t15-/m1/s1. The van der Waals surface area contributed by atoms with Gasteiger partial charge in [0.25, 0.3) is 5.91 Å². The van der Waals surface area contributed by atoms with Gasteiger partial charge in [-0.3, -0.25) is 9.69 Å². The third-order valence-corrected chi connectivity index (χ3v) is 6.52. The van der Waals surface area contributed by atoms with Crippen LogP contribution in [0.15, 0.2) is 45.6 Å². The van der Waals surface area contributed by atoms with Crippen molar-refractivity contribution in [3.63, 3.8) is 0 Å². The molecule has 1 fully saturated rings. The lowest BCUT2D eigenvalue weighted by molar-refractivity contribution is 0.0917. The Kier molecular flexibility index (Phi) is 5.48. The number of nitrogens with zero attached hydrogens (tertiary/aromatic N) is 2. The van der Waals surface area contributed by atoms with Crippen LogP contribution in [0, 0.1) is 0 Å². The highest BCUT2D eigenvalue weighted by Gasteiger charge is 2.24. The zero-order valence-corrected chi connectivity index (χ0v) is 16.0. The van der Waals surface area contributed by atoms with E-state index in [4.69, 9.17) is 4.52 Å². The number of amides is 1. The highest BCUT2D eigenvalue weighted by atomic mass is 32.1. The van der Waals surface area contributed by atoms with E-state index in [-0.39, 0.29) is 11.9 Å². The molecule has 7 heteroatoms. The van der Waals surface area contributed by atoms with Crippen LogP contribution < -0.4 is 5.32 Å². The largest absolute Gasteiger partial charge is 0.355 e. The normalized spacial score (nSPS) is 16.5. The van der Waals surface area contributed by atoms with Gasteiger partial charge in [0.05, 0.1) is 10.9 Å². The Balaban J connectivity index is 1.43. The summed E-state index contributed by atoms with van der Waals surface area (Å²) in [5, 5.41) is 11.1. The second kappa shape index (κ2) is 8.16. The lowest BCUT2D eigenvalue weighted by Crippen LogP contribution is -2.40. The Morgan fingerprint density at radius 3 is 2.73 bits per heavy atom. The predicted molar refractivity (Wildman–Crippen MR) is 105 cm³/mol. The number of nitrogens with one attached hydrogen (secondary N) is 1. The van der Waals surface area contributed by atoms with Crippen LogP contribution in [0.4, 0.5) is 0 Å². The van der Waals surface area contributed by atoms with Crippen molar-refractivity contribution in [1.29, 1.82) is 0 Å². The van der Waals surface area contributed by atoms with E-state index < -0.39 is 0 Å². The van der Waals surface area contributed by atoms with Gasteiger partial charge in [-0.05, 0) is 48.8 Å². The first-order valence-corrected chi connectivity index (χ1v) is 10.6. The number of rotatable bonds is 6. The maximum absolute atomic E-state index is 12.5. The molecule has 1 amide bonds. The number of piperidine rings is 1. The molecule has 4 rings (SSSR count). The van der Waals surface area contributed by atoms with Crippen LogP contribution in [0.5, 0.6) is 0 Å². The second-order valence-electron chi connectivity index (χ2n) is 6.39. The van der Waals surface area contributed by atoms with Gasteiger partial charge in [0.15, 0.2) is 11.5 Å². The van der Waals surface area contributed by atoms with E-state index >= 15 is 0 Å². The average Bonchev–Trinajstić information content (AvgIpc) is 3.43. The minimum Gasteiger partial charge on any atom is -0.355 e. The highest BCUT2D eigenvalue weighted by molar-refractivity contribution is 7.13. The van der Waals surface area contributed by atoms with Crippen LogP contribution in [0.25, 0.3) is 10.6 Å². The van der Waals surface area contributed by atoms with E-state index in [0.717, 1.165) is 18.0 Å². The summed E-state index contributed by atoms with van der Waals surface area (Å²) in [6, 6.07) is 10.1. The zero-order chi connectivity index (χ0) is 17.8. The van der Waals surface area contributed by atoms with E-state index in [9.17, 15) is 4.79 Å². The molecule has 0 aliphatic carbocycles. The fraction of sp³-hybridized carbons (Fsp3) is 0.368. The summed E-state index contributed by atoms with van der Waals surface area (Å²) >= 11 is 3.31. The quantitative estimate of drug-likeness (QED) is 0.680. The van der Waals surface area contributed by atoms with E-state index in [1.807, 2.05) is 17.5 Å². The molecule has 26 heavy (non-hydrogen) atoms. The van der Waals surface area contributed by atoms with Gasteiger partial charge < -0.3 is 9.84 Å². The van der Waals surface area contributed by atoms with Crippen LogP contribution in [0.3, 0.4) is 0 Å². The molecule has 0 spiro atoms. The summed E-state index contributed by atoms with van der Waals surface area (Å²) in [7, 11) is 0. The fourth-order valence-corrected chi connectivity index (χ4v) is 4.85. The van der Waals surface area contributed by atoms with Crippen LogP contribution >= 0.6 is 22.7 Å². The first-order chi connectivity index (χ1) is 12.8. The van der Waals surface area contributed by atoms with Gasteiger partial charge in [-0.25, -0.2) is 0 Å². The van der Waals surface area contributed by atoms with Crippen molar-refractivity contribution < 1.29 is 9.32 Å². The van der Waals surface area contributed by atoms with Crippen molar-refractivity contribution in [1.82, 2.24) is 15.4 Å². The van der Waals surface area contributed by atoms with E-state index in [1.54, 1.807) is 28.7 Å².